The normalized spacial score (nSPS) is 15.6. The maximum atomic E-state index is 13.0. The first-order valence-corrected chi connectivity index (χ1v) is 10.7. The van der Waals surface area contributed by atoms with E-state index in [2.05, 4.69) is 9.97 Å². The van der Waals surface area contributed by atoms with Gasteiger partial charge in [-0.2, -0.15) is 0 Å². The number of amides is 1. The fraction of sp³-hybridized carbons (Fsp3) is 0.409. The molecular formula is C22H25N3O3S. The summed E-state index contributed by atoms with van der Waals surface area (Å²) in [4.78, 5) is 34.7. The highest BCUT2D eigenvalue weighted by Gasteiger charge is 2.29. The molecule has 1 amide bonds. The van der Waals surface area contributed by atoms with Crippen LogP contribution in [0.5, 0.6) is 0 Å². The molecule has 3 heterocycles. The number of carbonyl (C=O) groups excluding carboxylic acids is 2. The Kier molecular flexibility index (Phi) is 5.17. The highest BCUT2D eigenvalue weighted by Crippen LogP contribution is 2.31. The molecule has 6 nitrogen and oxygen atoms in total. The van der Waals surface area contributed by atoms with Gasteiger partial charge in [0.25, 0.3) is 0 Å². The Balaban J connectivity index is 1.42. The number of nitrogens with one attached hydrogen (secondary N) is 1. The van der Waals surface area contributed by atoms with Gasteiger partial charge in [-0.1, -0.05) is 18.2 Å². The number of piperidine rings is 1. The van der Waals surface area contributed by atoms with Crippen molar-refractivity contribution in [1.29, 1.82) is 0 Å². The Morgan fingerprint density at radius 2 is 1.93 bits per heavy atom. The number of ketones is 1. The molecular weight excluding hydrogens is 386 g/mol. The van der Waals surface area contributed by atoms with Gasteiger partial charge < -0.3 is 14.6 Å². The van der Waals surface area contributed by atoms with Crippen LogP contribution in [-0.4, -0.2) is 45.4 Å². The molecule has 4 rings (SSSR count). The number of hydrogen-bond acceptors (Lipinski definition) is 5. The van der Waals surface area contributed by atoms with E-state index >= 15 is 0 Å². The van der Waals surface area contributed by atoms with Gasteiger partial charge in [-0.15, -0.1) is 11.3 Å². The van der Waals surface area contributed by atoms with Crippen LogP contribution in [0.2, 0.25) is 0 Å². The zero-order chi connectivity index (χ0) is 20.6. The summed E-state index contributed by atoms with van der Waals surface area (Å²) in [5.41, 5.74) is 2.06. The number of likely N-dealkylation sites (tertiary alicyclic amines) is 1. The maximum Gasteiger partial charge on any atom is 0.410 e. The van der Waals surface area contributed by atoms with Crippen LogP contribution in [0.4, 0.5) is 4.79 Å². The number of H-pyrrole nitrogens is 1. The smallest absolute Gasteiger partial charge is 0.410 e. The van der Waals surface area contributed by atoms with Crippen LogP contribution in [0.1, 0.15) is 60.6 Å². The van der Waals surface area contributed by atoms with Crippen molar-refractivity contribution in [2.75, 3.05) is 13.1 Å². The molecule has 0 aliphatic carbocycles. The summed E-state index contributed by atoms with van der Waals surface area (Å²) in [6.45, 7) is 6.91. The van der Waals surface area contributed by atoms with E-state index in [4.69, 9.17) is 4.74 Å². The fourth-order valence-corrected chi connectivity index (χ4v) is 4.49. The second-order valence-electron chi connectivity index (χ2n) is 8.40. The fourth-order valence-electron chi connectivity index (χ4n) is 3.64. The van der Waals surface area contributed by atoms with Gasteiger partial charge in [-0.3, -0.25) is 4.79 Å². The van der Waals surface area contributed by atoms with Crippen molar-refractivity contribution < 1.29 is 14.3 Å². The summed E-state index contributed by atoms with van der Waals surface area (Å²) in [5, 5.41) is 3.41. The summed E-state index contributed by atoms with van der Waals surface area (Å²) in [6, 6.07) is 7.77. The number of rotatable bonds is 3. The minimum absolute atomic E-state index is 0.0510. The molecule has 0 atom stereocenters. The average Bonchev–Trinajstić information content (AvgIpc) is 3.34. The summed E-state index contributed by atoms with van der Waals surface area (Å²) in [5.74, 6) is 0.208. The molecule has 3 aromatic rings. The largest absolute Gasteiger partial charge is 0.444 e. The number of para-hydroxylation sites is 1. The summed E-state index contributed by atoms with van der Waals surface area (Å²) in [7, 11) is 0. The van der Waals surface area contributed by atoms with Crippen molar-refractivity contribution in [2.45, 2.75) is 45.1 Å². The lowest BCUT2D eigenvalue weighted by atomic mass is 9.94. The molecule has 1 saturated heterocycles. The number of aromatic amines is 1. The second kappa shape index (κ2) is 7.63. The molecule has 1 aromatic carbocycles. The SMILES string of the molecule is CC(C)(C)OC(=O)N1CCC(c2csc(C(=O)c3c[nH]c4ccccc34)n2)CC1. The molecule has 1 aliphatic rings. The Hall–Kier alpha value is -2.67. The molecule has 0 saturated carbocycles. The standard InChI is InChI=1S/C22H25N3O3S/c1-22(2,3)28-21(27)25-10-8-14(9-11-25)18-13-29-20(24-18)19(26)16-12-23-17-7-5-4-6-15(16)17/h4-7,12-14,23H,8-11H2,1-3H3. The molecule has 0 spiro atoms. The lowest BCUT2D eigenvalue weighted by molar-refractivity contribution is 0.0204. The highest BCUT2D eigenvalue weighted by atomic mass is 32.1. The van der Waals surface area contributed by atoms with Crippen molar-refractivity contribution in [3.8, 4) is 0 Å². The third kappa shape index (κ3) is 4.19. The number of hydrogen-bond donors (Lipinski definition) is 1. The van der Waals surface area contributed by atoms with Crippen LogP contribution in [0.3, 0.4) is 0 Å². The molecule has 29 heavy (non-hydrogen) atoms. The van der Waals surface area contributed by atoms with E-state index in [0.717, 1.165) is 29.4 Å². The van der Waals surface area contributed by atoms with E-state index in [-0.39, 0.29) is 17.8 Å². The van der Waals surface area contributed by atoms with Gasteiger partial charge >= 0.3 is 6.09 Å². The van der Waals surface area contributed by atoms with Crippen LogP contribution in [0, 0.1) is 0 Å². The van der Waals surface area contributed by atoms with Gasteiger partial charge in [-0.05, 0) is 39.7 Å². The molecule has 1 N–H and O–H groups in total. The minimum Gasteiger partial charge on any atom is -0.444 e. The molecule has 1 aliphatic heterocycles. The molecule has 0 radical (unpaired) electrons. The summed E-state index contributed by atoms with van der Waals surface area (Å²) >= 11 is 1.39. The van der Waals surface area contributed by atoms with Crippen LogP contribution in [-0.2, 0) is 4.74 Å². The molecule has 0 unspecified atom stereocenters. The molecule has 152 valence electrons. The van der Waals surface area contributed by atoms with Crippen molar-refractivity contribution in [3.63, 3.8) is 0 Å². The Morgan fingerprint density at radius 1 is 1.21 bits per heavy atom. The second-order valence-corrected chi connectivity index (χ2v) is 9.25. The number of nitrogens with zero attached hydrogens (tertiary/aromatic N) is 2. The van der Waals surface area contributed by atoms with Crippen molar-refractivity contribution in [1.82, 2.24) is 14.9 Å². The van der Waals surface area contributed by atoms with Gasteiger partial charge in [0, 0.05) is 41.5 Å². The predicted molar refractivity (Wildman–Crippen MR) is 114 cm³/mol. The summed E-state index contributed by atoms with van der Waals surface area (Å²) in [6.07, 6.45) is 3.14. The van der Waals surface area contributed by atoms with Crippen LogP contribution < -0.4 is 0 Å². The lowest BCUT2D eigenvalue weighted by Crippen LogP contribution is -2.41. The van der Waals surface area contributed by atoms with Crippen LogP contribution >= 0.6 is 11.3 Å². The van der Waals surface area contributed by atoms with Crippen LogP contribution in [0.25, 0.3) is 10.9 Å². The van der Waals surface area contributed by atoms with Crippen molar-refractivity contribution in [3.05, 3.63) is 52.1 Å². The number of ether oxygens (including phenoxy) is 1. The van der Waals surface area contributed by atoms with E-state index in [9.17, 15) is 9.59 Å². The number of carbonyl (C=O) groups is 2. The number of thiazole rings is 1. The van der Waals surface area contributed by atoms with E-state index in [1.807, 2.05) is 50.4 Å². The Morgan fingerprint density at radius 3 is 2.66 bits per heavy atom. The third-order valence-corrected chi connectivity index (χ3v) is 5.97. The Bertz CT molecular complexity index is 1040. The topological polar surface area (TPSA) is 75.3 Å². The molecule has 7 heteroatoms. The quantitative estimate of drug-likeness (QED) is 0.618. The first-order chi connectivity index (χ1) is 13.8. The zero-order valence-electron chi connectivity index (χ0n) is 16.9. The van der Waals surface area contributed by atoms with E-state index in [1.54, 1.807) is 11.1 Å². The van der Waals surface area contributed by atoms with Crippen molar-refractivity contribution in [2.24, 2.45) is 0 Å². The highest BCUT2D eigenvalue weighted by molar-refractivity contribution is 7.12. The summed E-state index contributed by atoms with van der Waals surface area (Å²) < 4.78 is 5.46. The van der Waals surface area contributed by atoms with Gasteiger partial charge in [-0.25, -0.2) is 9.78 Å². The predicted octanol–water partition coefficient (Wildman–Crippen LogP) is 4.97. The van der Waals surface area contributed by atoms with Crippen LogP contribution in [0.15, 0.2) is 35.8 Å². The first-order valence-electron chi connectivity index (χ1n) is 9.86. The first kappa shape index (κ1) is 19.6. The molecule has 1 fully saturated rings. The number of benzene rings is 1. The van der Waals surface area contributed by atoms with Gasteiger partial charge in [0.1, 0.15) is 5.60 Å². The average molecular weight is 412 g/mol. The van der Waals surface area contributed by atoms with E-state index < -0.39 is 5.60 Å². The maximum absolute atomic E-state index is 13.0. The van der Waals surface area contributed by atoms with E-state index in [1.165, 1.54) is 11.3 Å². The lowest BCUT2D eigenvalue weighted by Gasteiger charge is -2.32. The van der Waals surface area contributed by atoms with Crippen molar-refractivity contribution >= 4 is 34.1 Å². The number of aromatic nitrogens is 2. The molecule has 2 aromatic heterocycles. The molecule has 0 bridgehead atoms. The monoisotopic (exact) mass is 411 g/mol. The minimum atomic E-state index is -0.486. The number of fused-ring (bicyclic) bond motifs is 1. The van der Waals surface area contributed by atoms with Gasteiger partial charge in [0.15, 0.2) is 5.01 Å². The van der Waals surface area contributed by atoms with E-state index in [0.29, 0.717) is 23.7 Å². The zero-order valence-corrected chi connectivity index (χ0v) is 17.7. The van der Waals surface area contributed by atoms with Gasteiger partial charge in [0.05, 0.1) is 11.3 Å². The van der Waals surface area contributed by atoms with Gasteiger partial charge in [0.2, 0.25) is 5.78 Å². The Labute approximate surface area is 173 Å². The third-order valence-electron chi connectivity index (χ3n) is 5.11.